The summed E-state index contributed by atoms with van der Waals surface area (Å²) in [5.74, 6) is -0.649. The molecule has 0 aliphatic carbocycles. The van der Waals surface area contributed by atoms with E-state index in [-0.39, 0.29) is 27.6 Å². The Morgan fingerprint density at radius 3 is 2.55 bits per heavy atom. The van der Waals surface area contributed by atoms with Crippen LogP contribution in [0, 0.1) is 10.1 Å². The maximum atomic E-state index is 14.1. The summed E-state index contributed by atoms with van der Waals surface area (Å²) in [6.07, 6.45) is 4.13. The zero-order valence-electron chi connectivity index (χ0n) is 21.9. The van der Waals surface area contributed by atoms with Crippen LogP contribution in [0.1, 0.15) is 24.8 Å². The summed E-state index contributed by atoms with van der Waals surface area (Å²) in [7, 11) is -1.94. The Morgan fingerprint density at radius 2 is 1.98 bits per heavy atom. The van der Waals surface area contributed by atoms with Gasteiger partial charge in [0.15, 0.2) is 21.4 Å². The minimum atomic E-state index is -4.46. The van der Waals surface area contributed by atoms with Gasteiger partial charge in [-0.1, -0.05) is 23.7 Å². The van der Waals surface area contributed by atoms with Gasteiger partial charge in [0.05, 0.1) is 24.0 Å². The van der Waals surface area contributed by atoms with Crippen molar-refractivity contribution in [3.63, 3.8) is 0 Å². The molecule has 2 aliphatic rings. The summed E-state index contributed by atoms with van der Waals surface area (Å²) >= 11 is 6.02. The van der Waals surface area contributed by atoms with Crippen LogP contribution in [0.3, 0.4) is 0 Å². The minimum absolute atomic E-state index is 0.160. The number of ether oxygens (including phenoxy) is 4. The molecular formula is C27H29ClN2O9S. The van der Waals surface area contributed by atoms with Crippen LogP contribution in [0.2, 0.25) is 5.02 Å². The molecule has 1 fully saturated rings. The number of nitro benzene ring substituents is 1. The molecule has 11 nitrogen and oxygen atoms in total. The summed E-state index contributed by atoms with van der Waals surface area (Å²) in [6.45, 7) is 0.389. The Bertz CT molecular complexity index is 1390. The zero-order valence-corrected chi connectivity index (χ0v) is 23.5. The second-order valence-electron chi connectivity index (χ2n) is 9.35. The van der Waals surface area contributed by atoms with Crippen LogP contribution in [-0.4, -0.2) is 69.5 Å². The first-order chi connectivity index (χ1) is 19.1. The van der Waals surface area contributed by atoms with E-state index in [4.69, 9.17) is 30.5 Å². The molecular weight excluding hydrogens is 564 g/mol. The molecule has 214 valence electrons. The smallest absolute Gasteiger partial charge is 0.327 e. The summed E-state index contributed by atoms with van der Waals surface area (Å²) in [5, 5.41) is 10.1. The van der Waals surface area contributed by atoms with E-state index in [1.54, 1.807) is 12.2 Å². The largest absolute Gasteiger partial charge is 0.497 e. The van der Waals surface area contributed by atoms with E-state index in [0.717, 1.165) is 20.0 Å². The average Bonchev–Trinajstić information content (AvgIpc) is 3.43. The predicted octanol–water partition coefficient (Wildman–Crippen LogP) is 4.11. The molecule has 0 aromatic heterocycles. The second-order valence-corrected chi connectivity index (χ2v) is 11.9. The molecule has 4 rings (SSSR count). The van der Waals surface area contributed by atoms with E-state index in [2.05, 4.69) is 4.99 Å². The number of carbonyl (C=O) groups excluding carboxylic acids is 1. The van der Waals surface area contributed by atoms with Crippen LogP contribution >= 0.6 is 11.6 Å². The van der Waals surface area contributed by atoms with E-state index in [1.165, 1.54) is 55.8 Å². The molecule has 2 aromatic carbocycles. The third-order valence-electron chi connectivity index (χ3n) is 6.86. The summed E-state index contributed by atoms with van der Waals surface area (Å²) in [4.78, 5) is 29.1. The van der Waals surface area contributed by atoms with Crippen LogP contribution in [-0.2, 0) is 35.3 Å². The van der Waals surface area contributed by atoms with Gasteiger partial charge in [0, 0.05) is 35.9 Å². The molecule has 4 unspecified atom stereocenters. The maximum Gasteiger partial charge on any atom is 0.327 e. The maximum absolute atomic E-state index is 14.1. The van der Waals surface area contributed by atoms with E-state index < -0.39 is 43.9 Å². The molecule has 0 N–H and O–H groups in total. The molecule has 2 heterocycles. The number of allylic oxidation sites excluding steroid dienone is 1. The fraction of sp³-hybridized carbons (Fsp3) is 0.407. The molecule has 0 bridgehead atoms. The quantitative estimate of drug-likeness (QED) is 0.214. The standard InChI is InChI=1S/C27H29ClN2O9S/c1-36-20-9-11-21(12-10-20)40(34,35)24(26(31)37-2)25(39-23-6-3-4-15-38-23)27(13-5-14-29-27)17-18-7-8-19(28)16-22(18)30(32)33/h5,7-14,16,23-25H,3-4,6,15,17H2,1-2H3. The lowest BCUT2D eigenvalue weighted by atomic mass is 9.83. The zero-order chi connectivity index (χ0) is 28.9. The number of benzene rings is 2. The highest BCUT2D eigenvalue weighted by molar-refractivity contribution is 7.92. The van der Waals surface area contributed by atoms with E-state index in [1.807, 2.05) is 0 Å². The van der Waals surface area contributed by atoms with Crippen molar-refractivity contribution < 1.29 is 37.1 Å². The van der Waals surface area contributed by atoms with Gasteiger partial charge in [-0.15, -0.1) is 0 Å². The highest BCUT2D eigenvalue weighted by Crippen LogP contribution is 2.39. The number of hydrogen-bond acceptors (Lipinski definition) is 10. The Balaban J connectivity index is 1.87. The lowest BCUT2D eigenvalue weighted by molar-refractivity contribution is -0.385. The molecule has 40 heavy (non-hydrogen) atoms. The summed E-state index contributed by atoms with van der Waals surface area (Å²) < 4.78 is 50.5. The van der Waals surface area contributed by atoms with Crippen molar-refractivity contribution in [1.82, 2.24) is 0 Å². The van der Waals surface area contributed by atoms with Crippen molar-refractivity contribution in [2.45, 2.75) is 53.8 Å². The van der Waals surface area contributed by atoms with Crippen LogP contribution < -0.4 is 4.74 Å². The SMILES string of the molecule is COC(=O)C(C(OC1CCCCO1)C1(Cc2ccc(Cl)cc2[N+](=O)[O-])C=CC=N1)S(=O)(=O)c1ccc(OC)cc1. The fourth-order valence-electron chi connectivity index (χ4n) is 4.84. The molecule has 2 aliphatic heterocycles. The number of rotatable bonds is 11. The normalized spacial score (nSPS) is 22.0. The molecule has 1 saturated heterocycles. The summed E-state index contributed by atoms with van der Waals surface area (Å²) in [5.41, 5.74) is -1.60. The molecule has 4 atom stereocenters. The highest BCUT2D eigenvalue weighted by Gasteiger charge is 2.54. The van der Waals surface area contributed by atoms with Crippen molar-refractivity contribution >= 4 is 39.3 Å². The van der Waals surface area contributed by atoms with E-state index in [9.17, 15) is 23.3 Å². The first kappa shape index (κ1) is 29.7. The van der Waals surface area contributed by atoms with Crippen LogP contribution in [0.25, 0.3) is 0 Å². The fourth-order valence-corrected chi connectivity index (χ4v) is 6.79. The van der Waals surface area contributed by atoms with Crippen molar-refractivity contribution in [1.29, 1.82) is 0 Å². The summed E-state index contributed by atoms with van der Waals surface area (Å²) in [6, 6.07) is 9.74. The highest BCUT2D eigenvalue weighted by atomic mass is 35.5. The van der Waals surface area contributed by atoms with Gasteiger partial charge in [0.25, 0.3) is 5.69 Å². The van der Waals surface area contributed by atoms with Crippen molar-refractivity contribution in [3.05, 3.63) is 75.3 Å². The lowest BCUT2D eigenvalue weighted by Gasteiger charge is -2.39. The first-order valence-electron chi connectivity index (χ1n) is 12.5. The number of sulfone groups is 1. The number of hydrogen-bond donors (Lipinski definition) is 0. The predicted molar refractivity (Wildman–Crippen MR) is 147 cm³/mol. The molecule has 0 radical (unpaired) electrons. The number of nitro groups is 1. The monoisotopic (exact) mass is 592 g/mol. The molecule has 13 heteroatoms. The molecule has 0 saturated carbocycles. The van der Waals surface area contributed by atoms with Gasteiger partial charge in [0.2, 0.25) is 0 Å². The van der Waals surface area contributed by atoms with Gasteiger partial charge in [-0.25, -0.2) is 8.42 Å². The van der Waals surface area contributed by atoms with Gasteiger partial charge >= 0.3 is 5.97 Å². The Hall–Kier alpha value is -3.32. The Morgan fingerprint density at radius 1 is 1.23 bits per heavy atom. The number of halogens is 1. The van der Waals surface area contributed by atoms with E-state index >= 15 is 0 Å². The number of carbonyl (C=O) groups is 1. The molecule has 2 aromatic rings. The third-order valence-corrected chi connectivity index (χ3v) is 9.14. The van der Waals surface area contributed by atoms with Crippen molar-refractivity contribution in [3.8, 4) is 5.75 Å². The van der Waals surface area contributed by atoms with Crippen LogP contribution in [0.5, 0.6) is 5.75 Å². The molecule has 0 spiro atoms. The molecule has 0 amide bonds. The van der Waals surface area contributed by atoms with Gasteiger partial charge in [-0.05, 0) is 55.7 Å². The van der Waals surface area contributed by atoms with Crippen LogP contribution in [0.15, 0.2) is 64.5 Å². The third kappa shape index (κ3) is 6.20. The van der Waals surface area contributed by atoms with Gasteiger partial charge in [-0.2, -0.15) is 0 Å². The Labute approximate surface area is 236 Å². The van der Waals surface area contributed by atoms with Gasteiger partial charge in [0.1, 0.15) is 17.4 Å². The number of esters is 1. The van der Waals surface area contributed by atoms with Crippen LogP contribution in [0.4, 0.5) is 5.69 Å². The van der Waals surface area contributed by atoms with E-state index in [0.29, 0.717) is 18.8 Å². The van der Waals surface area contributed by atoms with Gasteiger partial charge in [-0.3, -0.25) is 19.9 Å². The number of methoxy groups -OCH3 is 2. The average molecular weight is 593 g/mol. The topological polar surface area (TPSA) is 144 Å². The second kappa shape index (κ2) is 12.5. The lowest BCUT2D eigenvalue weighted by Crippen LogP contribution is -2.56. The number of aliphatic imine (C=N–C) groups is 1. The Kier molecular flexibility index (Phi) is 9.24. The first-order valence-corrected chi connectivity index (χ1v) is 14.4. The van der Waals surface area contributed by atoms with Crippen molar-refractivity contribution in [2.75, 3.05) is 20.8 Å². The number of nitrogens with zero attached hydrogens (tertiary/aromatic N) is 2. The minimum Gasteiger partial charge on any atom is -0.497 e. The van der Waals surface area contributed by atoms with Crippen molar-refractivity contribution in [2.24, 2.45) is 4.99 Å². The van der Waals surface area contributed by atoms with Gasteiger partial charge < -0.3 is 18.9 Å².